The highest BCUT2D eigenvalue weighted by molar-refractivity contribution is 6.02. The summed E-state index contributed by atoms with van der Waals surface area (Å²) in [5.41, 5.74) is 7.90. The monoisotopic (exact) mass is 244 g/mol. The lowest BCUT2D eigenvalue weighted by atomic mass is 10.1. The Morgan fingerprint density at radius 2 is 2.22 bits per heavy atom. The standard InChI is InChI=1S/C13H16N4O/c1-16-11-4-3-10(8-15)7-12(11)17(6-2-5-14)9-13(16)18/h3-4,7H,2,5-6,9,14H2,1H3. The average molecular weight is 244 g/mol. The van der Waals surface area contributed by atoms with Crippen LogP contribution in [0.1, 0.15) is 12.0 Å². The van der Waals surface area contributed by atoms with Crippen LogP contribution in [0.25, 0.3) is 0 Å². The zero-order valence-electron chi connectivity index (χ0n) is 10.4. The Bertz CT molecular complexity index is 506. The molecule has 1 aliphatic rings. The van der Waals surface area contributed by atoms with E-state index in [4.69, 9.17) is 11.0 Å². The molecule has 5 nitrogen and oxygen atoms in total. The Hall–Kier alpha value is -2.06. The second-order valence-electron chi connectivity index (χ2n) is 4.33. The predicted octanol–water partition coefficient (Wildman–Crippen LogP) is 0.690. The fraction of sp³-hybridized carbons (Fsp3) is 0.385. The molecule has 0 radical (unpaired) electrons. The van der Waals surface area contributed by atoms with Crippen LogP contribution in [0.3, 0.4) is 0 Å². The number of carbonyl (C=O) groups excluding carboxylic acids is 1. The van der Waals surface area contributed by atoms with Crippen molar-refractivity contribution in [3.05, 3.63) is 23.8 Å². The molecule has 0 aliphatic carbocycles. The van der Waals surface area contributed by atoms with Gasteiger partial charge in [-0.05, 0) is 31.2 Å². The van der Waals surface area contributed by atoms with E-state index in [0.29, 0.717) is 18.7 Å². The van der Waals surface area contributed by atoms with Crippen LogP contribution in [0.4, 0.5) is 11.4 Å². The van der Waals surface area contributed by atoms with Crippen LogP contribution < -0.4 is 15.5 Å². The Labute approximate surface area is 106 Å². The van der Waals surface area contributed by atoms with E-state index in [0.717, 1.165) is 24.3 Å². The van der Waals surface area contributed by atoms with E-state index in [1.54, 1.807) is 18.0 Å². The lowest BCUT2D eigenvalue weighted by molar-refractivity contribution is -0.117. The van der Waals surface area contributed by atoms with E-state index in [-0.39, 0.29) is 5.91 Å². The Balaban J connectivity index is 2.40. The highest BCUT2D eigenvalue weighted by Gasteiger charge is 2.26. The third-order valence-electron chi connectivity index (χ3n) is 3.14. The largest absolute Gasteiger partial charge is 0.360 e. The number of fused-ring (bicyclic) bond motifs is 1. The van der Waals surface area contributed by atoms with Crippen LogP contribution in [0.15, 0.2) is 18.2 Å². The smallest absolute Gasteiger partial charge is 0.246 e. The van der Waals surface area contributed by atoms with E-state index in [1.165, 1.54) is 0 Å². The van der Waals surface area contributed by atoms with Gasteiger partial charge in [-0.3, -0.25) is 4.79 Å². The van der Waals surface area contributed by atoms with Crippen LogP contribution in [-0.4, -0.2) is 32.6 Å². The van der Waals surface area contributed by atoms with Crippen molar-refractivity contribution < 1.29 is 4.79 Å². The summed E-state index contributed by atoms with van der Waals surface area (Å²) in [4.78, 5) is 15.5. The summed E-state index contributed by atoms with van der Waals surface area (Å²) in [6.07, 6.45) is 0.827. The lowest BCUT2D eigenvalue weighted by Gasteiger charge is -2.35. The number of likely N-dealkylation sites (N-methyl/N-ethyl adjacent to an activating group) is 1. The normalized spacial score (nSPS) is 14.4. The summed E-state index contributed by atoms with van der Waals surface area (Å²) in [6, 6.07) is 7.50. The summed E-state index contributed by atoms with van der Waals surface area (Å²) in [7, 11) is 1.76. The van der Waals surface area contributed by atoms with Crippen LogP contribution in [0.5, 0.6) is 0 Å². The molecule has 0 unspecified atom stereocenters. The number of amides is 1. The summed E-state index contributed by atoms with van der Waals surface area (Å²) in [5, 5.41) is 8.95. The summed E-state index contributed by atoms with van der Waals surface area (Å²) in [6.45, 7) is 1.67. The number of rotatable bonds is 3. The van der Waals surface area contributed by atoms with E-state index in [1.807, 2.05) is 17.0 Å². The summed E-state index contributed by atoms with van der Waals surface area (Å²) >= 11 is 0. The second kappa shape index (κ2) is 5.07. The predicted molar refractivity (Wildman–Crippen MR) is 70.5 cm³/mol. The van der Waals surface area contributed by atoms with Crippen molar-refractivity contribution in [2.75, 3.05) is 36.5 Å². The van der Waals surface area contributed by atoms with E-state index in [2.05, 4.69) is 6.07 Å². The molecule has 0 saturated heterocycles. The van der Waals surface area contributed by atoms with Gasteiger partial charge in [0.2, 0.25) is 5.91 Å². The molecule has 0 spiro atoms. The lowest BCUT2D eigenvalue weighted by Crippen LogP contribution is -2.44. The van der Waals surface area contributed by atoms with Gasteiger partial charge in [-0.2, -0.15) is 5.26 Å². The molecule has 0 saturated carbocycles. The number of carbonyl (C=O) groups is 1. The maximum Gasteiger partial charge on any atom is 0.246 e. The van der Waals surface area contributed by atoms with Crippen LogP contribution in [0, 0.1) is 11.3 Å². The average Bonchev–Trinajstić information content (AvgIpc) is 2.40. The first kappa shape index (κ1) is 12.4. The quantitative estimate of drug-likeness (QED) is 0.849. The van der Waals surface area contributed by atoms with Gasteiger partial charge in [0.25, 0.3) is 0 Å². The molecule has 0 aromatic heterocycles. The second-order valence-corrected chi connectivity index (χ2v) is 4.33. The molecular formula is C13H16N4O. The highest BCUT2D eigenvalue weighted by atomic mass is 16.2. The van der Waals surface area contributed by atoms with Crippen molar-refractivity contribution >= 4 is 17.3 Å². The maximum atomic E-state index is 11.9. The van der Waals surface area contributed by atoms with Crippen molar-refractivity contribution in [2.45, 2.75) is 6.42 Å². The number of nitrogens with zero attached hydrogens (tertiary/aromatic N) is 3. The molecule has 0 bridgehead atoms. The first-order valence-corrected chi connectivity index (χ1v) is 5.93. The minimum absolute atomic E-state index is 0.0595. The third-order valence-corrected chi connectivity index (χ3v) is 3.14. The highest BCUT2D eigenvalue weighted by Crippen LogP contribution is 2.33. The summed E-state index contributed by atoms with van der Waals surface area (Å²) in [5.74, 6) is 0.0595. The van der Waals surface area contributed by atoms with Gasteiger partial charge < -0.3 is 15.5 Å². The molecule has 1 aromatic carbocycles. The molecule has 5 heteroatoms. The molecule has 0 fully saturated rings. The van der Waals surface area contributed by atoms with Crippen molar-refractivity contribution in [3.8, 4) is 6.07 Å². The number of anilines is 2. The topological polar surface area (TPSA) is 73.4 Å². The Kier molecular flexibility index (Phi) is 3.49. The van der Waals surface area contributed by atoms with Gasteiger partial charge in [0.05, 0.1) is 29.6 Å². The van der Waals surface area contributed by atoms with Gasteiger partial charge in [0, 0.05) is 13.6 Å². The van der Waals surface area contributed by atoms with E-state index >= 15 is 0 Å². The molecule has 1 aliphatic heterocycles. The van der Waals surface area contributed by atoms with E-state index < -0.39 is 0 Å². The molecule has 1 amide bonds. The van der Waals surface area contributed by atoms with Crippen molar-refractivity contribution in [1.29, 1.82) is 5.26 Å². The maximum absolute atomic E-state index is 11.9. The van der Waals surface area contributed by atoms with Gasteiger partial charge in [0.1, 0.15) is 0 Å². The molecule has 1 heterocycles. The van der Waals surface area contributed by atoms with E-state index in [9.17, 15) is 4.79 Å². The number of nitrogens with two attached hydrogens (primary N) is 1. The van der Waals surface area contributed by atoms with Gasteiger partial charge in [-0.1, -0.05) is 0 Å². The van der Waals surface area contributed by atoms with Crippen LogP contribution in [-0.2, 0) is 4.79 Å². The molecule has 94 valence electrons. The van der Waals surface area contributed by atoms with Crippen LogP contribution in [0.2, 0.25) is 0 Å². The van der Waals surface area contributed by atoms with Gasteiger partial charge >= 0.3 is 0 Å². The minimum Gasteiger partial charge on any atom is -0.360 e. The van der Waals surface area contributed by atoms with Gasteiger partial charge in [-0.15, -0.1) is 0 Å². The Morgan fingerprint density at radius 1 is 1.44 bits per heavy atom. The number of benzene rings is 1. The van der Waals surface area contributed by atoms with Crippen molar-refractivity contribution in [2.24, 2.45) is 5.73 Å². The molecular weight excluding hydrogens is 228 g/mol. The summed E-state index contributed by atoms with van der Waals surface area (Å²) < 4.78 is 0. The third kappa shape index (κ3) is 2.15. The van der Waals surface area contributed by atoms with Crippen LogP contribution >= 0.6 is 0 Å². The SMILES string of the molecule is CN1C(=O)CN(CCCN)c2cc(C#N)ccc21. The molecule has 18 heavy (non-hydrogen) atoms. The zero-order valence-corrected chi connectivity index (χ0v) is 10.4. The zero-order chi connectivity index (χ0) is 13.1. The van der Waals surface area contributed by atoms with Crippen molar-refractivity contribution in [1.82, 2.24) is 0 Å². The number of nitriles is 1. The number of hydrogen-bond acceptors (Lipinski definition) is 4. The molecule has 1 aromatic rings. The van der Waals surface area contributed by atoms with Crippen molar-refractivity contribution in [3.63, 3.8) is 0 Å². The fourth-order valence-corrected chi connectivity index (χ4v) is 2.10. The van der Waals surface area contributed by atoms with Gasteiger partial charge in [0.15, 0.2) is 0 Å². The first-order valence-electron chi connectivity index (χ1n) is 5.93. The van der Waals surface area contributed by atoms with Gasteiger partial charge in [-0.25, -0.2) is 0 Å². The molecule has 2 rings (SSSR count). The molecule has 0 atom stereocenters. The Morgan fingerprint density at radius 3 is 2.89 bits per heavy atom. The fourth-order valence-electron chi connectivity index (χ4n) is 2.10. The first-order chi connectivity index (χ1) is 8.67. The molecule has 2 N–H and O–H groups in total. The number of hydrogen-bond donors (Lipinski definition) is 1. The minimum atomic E-state index is 0.0595.